The van der Waals surface area contributed by atoms with Crippen molar-refractivity contribution in [1.82, 2.24) is 14.8 Å². The van der Waals surface area contributed by atoms with Crippen molar-refractivity contribution in [3.63, 3.8) is 0 Å². The molecular weight excluding hydrogens is 525 g/mol. The van der Waals surface area contributed by atoms with Gasteiger partial charge in [-0.25, -0.2) is 14.2 Å². The molecule has 3 aromatic carbocycles. The predicted molar refractivity (Wildman–Crippen MR) is 154 cm³/mol. The first-order valence-electron chi connectivity index (χ1n) is 13.7. The molecule has 9 nitrogen and oxygen atoms in total. The summed E-state index contributed by atoms with van der Waals surface area (Å²) in [5, 5.41) is 8.90. The van der Waals surface area contributed by atoms with Gasteiger partial charge in [-0.15, -0.1) is 0 Å². The number of carbonyl (C=O) groups excluding carboxylic acids is 2. The van der Waals surface area contributed by atoms with E-state index < -0.39 is 17.9 Å². The van der Waals surface area contributed by atoms with Crippen molar-refractivity contribution in [2.75, 3.05) is 58.4 Å². The molecule has 0 radical (unpaired) electrons. The first-order chi connectivity index (χ1) is 20.0. The molecule has 1 fully saturated rings. The van der Waals surface area contributed by atoms with Gasteiger partial charge in [0, 0.05) is 38.2 Å². The quantitative estimate of drug-likeness (QED) is 0.421. The maximum absolute atomic E-state index is 14.7. The number of carbonyl (C=O) groups is 2. The summed E-state index contributed by atoms with van der Waals surface area (Å²) in [6.07, 6.45) is 0.359. The smallest absolute Gasteiger partial charge is 0.322 e. The van der Waals surface area contributed by atoms with E-state index in [1.165, 1.54) is 23.1 Å². The highest BCUT2D eigenvalue weighted by atomic mass is 19.1. The highest BCUT2D eigenvalue weighted by Crippen LogP contribution is 2.33. The molecule has 0 saturated carbocycles. The molecule has 0 aromatic heterocycles. The van der Waals surface area contributed by atoms with Crippen LogP contribution in [0, 0.1) is 5.82 Å². The number of para-hydroxylation sites is 2. The van der Waals surface area contributed by atoms with Crippen LogP contribution in [0.1, 0.15) is 23.6 Å². The predicted octanol–water partition coefficient (Wildman–Crippen LogP) is 4.38. The van der Waals surface area contributed by atoms with Crippen LogP contribution in [0.2, 0.25) is 0 Å². The van der Waals surface area contributed by atoms with Gasteiger partial charge in [0.1, 0.15) is 18.1 Å². The van der Waals surface area contributed by atoms with E-state index in [1.807, 2.05) is 36.4 Å². The van der Waals surface area contributed by atoms with Crippen molar-refractivity contribution in [3.05, 3.63) is 95.8 Å². The third-order valence-corrected chi connectivity index (χ3v) is 7.29. The van der Waals surface area contributed by atoms with E-state index in [1.54, 1.807) is 36.4 Å². The fourth-order valence-electron chi connectivity index (χ4n) is 5.05. The van der Waals surface area contributed by atoms with Crippen LogP contribution in [0.25, 0.3) is 0 Å². The lowest BCUT2D eigenvalue weighted by Gasteiger charge is -2.31. The Hall–Kier alpha value is -4.28. The van der Waals surface area contributed by atoms with Crippen molar-refractivity contribution in [2.24, 2.45) is 5.10 Å². The van der Waals surface area contributed by atoms with E-state index in [0.29, 0.717) is 55.4 Å². The van der Waals surface area contributed by atoms with Gasteiger partial charge in [-0.05, 0) is 23.8 Å². The highest BCUT2D eigenvalue weighted by molar-refractivity contribution is 6.03. The van der Waals surface area contributed by atoms with Crippen molar-refractivity contribution in [2.45, 2.75) is 12.5 Å². The van der Waals surface area contributed by atoms with E-state index >= 15 is 0 Å². The molecule has 214 valence electrons. The number of nitrogens with zero attached hydrogens (tertiary/aromatic N) is 4. The van der Waals surface area contributed by atoms with Gasteiger partial charge in [0.25, 0.3) is 5.91 Å². The standard InChI is InChI=1S/C31H34FN5O4/c1-40-29-14-8-7-13-26(29)33-31(39)36(16-15-35-17-19-41-20-18-35)22-30(38)37-28(23-9-3-2-4-10-23)21-27(34-37)24-11-5-6-12-25(24)32/h2-14,28H,15-22H2,1H3,(H,33,39)/t28-/m0/s1. The maximum atomic E-state index is 14.7. The van der Waals surface area contributed by atoms with Crippen molar-refractivity contribution in [1.29, 1.82) is 0 Å². The second kappa shape index (κ2) is 13.4. The van der Waals surface area contributed by atoms with Gasteiger partial charge < -0.3 is 19.7 Å². The lowest BCUT2D eigenvalue weighted by molar-refractivity contribution is -0.133. The fourth-order valence-corrected chi connectivity index (χ4v) is 5.05. The number of nitrogens with one attached hydrogen (secondary N) is 1. The van der Waals surface area contributed by atoms with Gasteiger partial charge in [0.2, 0.25) is 0 Å². The lowest BCUT2D eigenvalue weighted by Crippen LogP contribution is -2.47. The summed E-state index contributed by atoms with van der Waals surface area (Å²) in [4.78, 5) is 31.1. The molecule has 2 aliphatic rings. The number of rotatable bonds is 9. The molecular formula is C31H34FN5O4. The third-order valence-electron chi connectivity index (χ3n) is 7.29. The van der Waals surface area contributed by atoms with Gasteiger partial charge in [-0.3, -0.25) is 9.69 Å². The summed E-state index contributed by atoms with van der Waals surface area (Å²) in [5.41, 5.74) is 2.24. The summed E-state index contributed by atoms with van der Waals surface area (Å²) < 4.78 is 25.5. The van der Waals surface area contributed by atoms with E-state index in [4.69, 9.17) is 9.47 Å². The van der Waals surface area contributed by atoms with Crippen LogP contribution in [0.15, 0.2) is 84.0 Å². The molecule has 2 aliphatic heterocycles. The molecule has 1 atom stereocenters. The van der Waals surface area contributed by atoms with Crippen molar-refractivity contribution in [3.8, 4) is 5.75 Å². The van der Waals surface area contributed by atoms with Crippen LogP contribution >= 0.6 is 0 Å². The molecule has 1 saturated heterocycles. The normalized spacial score (nSPS) is 17.2. The number of morpholine rings is 1. The summed E-state index contributed by atoms with van der Waals surface area (Å²) in [6.45, 7) is 3.48. The Labute approximate surface area is 239 Å². The Bertz CT molecular complexity index is 1380. The summed E-state index contributed by atoms with van der Waals surface area (Å²) in [7, 11) is 1.53. The second-order valence-corrected chi connectivity index (χ2v) is 9.90. The van der Waals surface area contributed by atoms with E-state index in [-0.39, 0.29) is 12.5 Å². The third kappa shape index (κ3) is 6.90. The number of hydrogen-bond donors (Lipinski definition) is 1. The molecule has 10 heteroatoms. The number of ether oxygens (including phenoxy) is 2. The summed E-state index contributed by atoms with van der Waals surface area (Å²) >= 11 is 0. The van der Waals surface area contributed by atoms with Gasteiger partial charge in [0.05, 0.1) is 37.8 Å². The minimum atomic E-state index is -0.426. The zero-order valence-electron chi connectivity index (χ0n) is 23.0. The monoisotopic (exact) mass is 559 g/mol. The van der Waals surface area contributed by atoms with Crippen LogP contribution in [0.3, 0.4) is 0 Å². The zero-order chi connectivity index (χ0) is 28.6. The number of amides is 3. The largest absolute Gasteiger partial charge is 0.495 e. The fraction of sp³-hybridized carbons (Fsp3) is 0.323. The maximum Gasteiger partial charge on any atom is 0.322 e. The van der Waals surface area contributed by atoms with E-state index in [0.717, 1.165) is 18.7 Å². The number of hydrazone groups is 1. The number of anilines is 1. The van der Waals surface area contributed by atoms with Crippen LogP contribution in [-0.2, 0) is 9.53 Å². The second-order valence-electron chi connectivity index (χ2n) is 9.90. The average molecular weight is 560 g/mol. The van der Waals surface area contributed by atoms with Gasteiger partial charge >= 0.3 is 6.03 Å². The van der Waals surface area contributed by atoms with Crippen molar-refractivity contribution >= 4 is 23.3 Å². The minimum absolute atomic E-state index is 0.206. The molecule has 3 amide bonds. The first-order valence-corrected chi connectivity index (χ1v) is 13.7. The Morgan fingerprint density at radius 1 is 1.02 bits per heavy atom. The molecule has 5 rings (SSSR count). The Balaban J connectivity index is 1.39. The number of hydrogen-bond acceptors (Lipinski definition) is 6. The van der Waals surface area contributed by atoms with Crippen LogP contribution in [0.5, 0.6) is 5.75 Å². The molecule has 2 heterocycles. The van der Waals surface area contributed by atoms with Crippen LogP contribution in [0.4, 0.5) is 14.9 Å². The Kier molecular flexibility index (Phi) is 9.22. The van der Waals surface area contributed by atoms with Gasteiger partial charge in [-0.2, -0.15) is 5.10 Å². The molecule has 3 aromatic rings. The summed E-state index contributed by atoms with van der Waals surface area (Å²) in [6, 6.07) is 22.2. The molecule has 0 aliphatic carbocycles. The van der Waals surface area contributed by atoms with Crippen molar-refractivity contribution < 1.29 is 23.5 Å². The highest BCUT2D eigenvalue weighted by Gasteiger charge is 2.35. The Morgan fingerprint density at radius 3 is 2.49 bits per heavy atom. The van der Waals surface area contributed by atoms with Crippen LogP contribution in [-0.4, -0.2) is 85.5 Å². The molecule has 1 N–H and O–H groups in total. The van der Waals surface area contributed by atoms with Crippen LogP contribution < -0.4 is 10.1 Å². The van der Waals surface area contributed by atoms with Gasteiger partial charge in [0.15, 0.2) is 0 Å². The number of halogens is 1. The molecule has 0 bridgehead atoms. The first kappa shape index (κ1) is 28.3. The van der Waals surface area contributed by atoms with E-state index in [2.05, 4.69) is 15.3 Å². The van der Waals surface area contributed by atoms with E-state index in [9.17, 15) is 14.0 Å². The Morgan fingerprint density at radius 2 is 1.73 bits per heavy atom. The molecule has 0 spiro atoms. The number of methoxy groups -OCH3 is 1. The zero-order valence-corrected chi connectivity index (χ0v) is 23.0. The average Bonchev–Trinajstić information content (AvgIpc) is 3.46. The number of urea groups is 1. The minimum Gasteiger partial charge on any atom is -0.495 e. The SMILES string of the molecule is COc1ccccc1NC(=O)N(CCN1CCOCC1)CC(=O)N1N=C(c2ccccc2F)C[C@H]1c1ccccc1. The number of benzene rings is 3. The molecule has 41 heavy (non-hydrogen) atoms. The lowest BCUT2D eigenvalue weighted by atomic mass is 9.98. The topological polar surface area (TPSA) is 86.7 Å². The molecule has 0 unspecified atom stereocenters. The van der Waals surface area contributed by atoms with Gasteiger partial charge in [-0.1, -0.05) is 60.7 Å². The summed E-state index contributed by atoms with van der Waals surface area (Å²) in [5.74, 6) is -0.235.